The van der Waals surface area contributed by atoms with Gasteiger partial charge in [-0.1, -0.05) is 29.8 Å². The van der Waals surface area contributed by atoms with E-state index in [1.54, 1.807) is 6.08 Å². The number of nitro benzene ring substituents is 1. The first-order chi connectivity index (χ1) is 9.90. The third-order valence-electron chi connectivity index (χ3n) is 3.13. The fraction of sp³-hybridized carbons (Fsp3) is 0.231. The summed E-state index contributed by atoms with van der Waals surface area (Å²) in [5.41, 5.74) is -0.617. The van der Waals surface area contributed by atoms with Gasteiger partial charge in [0.1, 0.15) is 10.6 Å². The third-order valence-corrected chi connectivity index (χ3v) is 3.44. The van der Waals surface area contributed by atoms with Gasteiger partial charge in [-0.25, -0.2) is 0 Å². The van der Waals surface area contributed by atoms with Crippen LogP contribution in [0.2, 0.25) is 5.02 Å². The molecule has 2 unspecified atom stereocenters. The monoisotopic (exact) mass is 310 g/mol. The van der Waals surface area contributed by atoms with E-state index in [9.17, 15) is 19.7 Å². The number of carbonyl (C=O) groups is 2. The van der Waals surface area contributed by atoms with Gasteiger partial charge in [0.15, 0.2) is 0 Å². The summed E-state index contributed by atoms with van der Waals surface area (Å²) in [4.78, 5) is 33.2. The minimum atomic E-state index is -0.975. The highest BCUT2D eigenvalue weighted by Crippen LogP contribution is 2.28. The van der Waals surface area contributed by atoms with E-state index >= 15 is 0 Å². The smallest absolute Gasteiger partial charge is 0.310 e. The molecule has 0 saturated carbocycles. The normalized spacial score (nSPS) is 20.2. The van der Waals surface area contributed by atoms with Crippen molar-refractivity contribution in [3.05, 3.63) is 51.1 Å². The fourth-order valence-electron chi connectivity index (χ4n) is 2.12. The predicted molar refractivity (Wildman–Crippen MR) is 74.2 cm³/mol. The zero-order valence-corrected chi connectivity index (χ0v) is 11.4. The molecular weight excluding hydrogens is 300 g/mol. The summed E-state index contributed by atoms with van der Waals surface area (Å²) in [6, 6.07) is 3.59. The molecule has 0 spiro atoms. The molecule has 0 heterocycles. The summed E-state index contributed by atoms with van der Waals surface area (Å²) in [5.74, 6) is -2.30. The van der Waals surface area contributed by atoms with Crippen LogP contribution in [-0.4, -0.2) is 27.9 Å². The molecule has 1 aliphatic rings. The summed E-state index contributed by atoms with van der Waals surface area (Å²) in [7, 11) is 0. The Morgan fingerprint density at radius 2 is 2.10 bits per heavy atom. The molecule has 0 saturated heterocycles. The number of carbonyl (C=O) groups excluding carboxylic acids is 1. The van der Waals surface area contributed by atoms with Crippen molar-refractivity contribution in [2.45, 2.75) is 12.5 Å². The number of amides is 1. The van der Waals surface area contributed by atoms with E-state index in [2.05, 4.69) is 5.32 Å². The summed E-state index contributed by atoms with van der Waals surface area (Å²) in [5, 5.41) is 22.3. The van der Waals surface area contributed by atoms with Crippen molar-refractivity contribution in [1.29, 1.82) is 0 Å². The number of hydrogen-bond donors (Lipinski definition) is 2. The Bertz CT molecular complexity index is 643. The molecule has 0 aromatic heterocycles. The highest BCUT2D eigenvalue weighted by atomic mass is 35.5. The van der Waals surface area contributed by atoms with Gasteiger partial charge in [0, 0.05) is 6.04 Å². The van der Waals surface area contributed by atoms with Gasteiger partial charge in [-0.05, 0) is 18.6 Å². The molecule has 0 aliphatic heterocycles. The standard InChI is InChI=1S/C13H11ClN2O5/c14-10-3-1-2-9(11(10)16(20)21)12(17)15-8-5-4-7(6-8)13(18)19/h1-5,7-8H,6H2,(H,15,17)(H,18,19). The predicted octanol–water partition coefficient (Wildman–Crippen LogP) is 2.01. The second-order valence-electron chi connectivity index (χ2n) is 4.54. The molecule has 21 heavy (non-hydrogen) atoms. The summed E-state index contributed by atoms with van der Waals surface area (Å²) < 4.78 is 0. The Kier molecular flexibility index (Phi) is 4.23. The lowest BCUT2D eigenvalue weighted by molar-refractivity contribution is -0.385. The van der Waals surface area contributed by atoms with Gasteiger partial charge in [-0.3, -0.25) is 19.7 Å². The number of benzene rings is 1. The number of rotatable bonds is 4. The average Bonchev–Trinajstić information content (AvgIpc) is 2.86. The van der Waals surface area contributed by atoms with E-state index in [-0.39, 0.29) is 17.0 Å². The van der Waals surface area contributed by atoms with Gasteiger partial charge in [0.2, 0.25) is 0 Å². The van der Waals surface area contributed by atoms with E-state index < -0.39 is 34.4 Å². The zero-order chi connectivity index (χ0) is 15.6. The molecule has 1 aromatic rings. The lowest BCUT2D eigenvalue weighted by Crippen LogP contribution is -2.33. The summed E-state index contributed by atoms with van der Waals surface area (Å²) in [6.45, 7) is 0. The minimum Gasteiger partial charge on any atom is -0.481 e. The number of halogens is 1. The second-order valence-corrected chi connectivity index (χ2v) is 4.95. The molecule has 2 atom stereocenters. The van der Waals surface area contributed by atoms with Crippen LogP contribution in [0.1, 0.15) is 16.8 Å². The first kappa shape index (κ1) is 15.0. The number of nitro groups is 1. The Labute approximate surface area is 124 Å². The van der Waals surface area contributed by atoms with Crippen molar-refractivity contribution in [2.24, 2.45) is 5.92 Å². The van der Waals surface area contributed by atoms with Crippen LogP contribution in [0, 0.1) is 16.0 Å². The van der Waals surface area contributed by atoms with Crippen LogP contribution in [0.4, 0.5) is 5.69 Å². The largest absolute Gasteiger partial charge is 0.481 e. The quantitative estimate of drug-likeness (QED) is 0.502. The Morgan fingerprint density at radius 3 is 2.67 bits per heavy atom. The van der Waals surface area contributed by atoms with Gasteiger partial charge in [-0.2, -0.15) is 0 Å². The number of hydrogen-bond acceptors (Lipinski definition) is 4. The van der Waals surface area contributed by atoms with Crippen molar-refractivity contribution in [1.82, 2.24) is 5.32 Å². The molecule has 0 fully saturated rings. The third kappa shape index (κ3) is 3.19. The van der Waals surface area contributed by atoms with Crippen LogP contribution in [-0.2, 0) is 4.79 Å². The highest BCUT2D eigenvalue weighted by molar-refractivity contribution is 6.33. The van der Waals surface area contributed by atoms with E-state index in [0.29, 0.717) is 0 Å². The molecule has 2 N–H and O–H groups in total. The average molecular weight is 311 g/mol. The second kappa shape index (κ2) is 5.92. The van der Waals surface area contributed by atoms with Crippen molar-refractivity contribution in [2.75, 3.05) is 0 Å². The minimum absolute atomic E-state index is 0.127. The molecule has 2 rings (SSSR count). The topological polar surface area (TPSA) is 110 Å². The maximum absolute atomic E-state index is 12.1. The zero-order valence-electron chi connectivity index (χ0n) is 10.7. The van der Waals surface area contributed by atoms with E-state index in [1.165, 1.54) is 24.3 Å². The molecular formula is C13H11ClN2O5. The number of para-hydroxylation sites is 1. The number of carboxylic acids is 1. The maximum Gasteiger partial charge on any atom is 0.310 e. The first-order valence-corrected chi connectivity index (χ1v) is 6.43. The Morgan fingerprint density at radius 1 is 1.38 bits per heavy atom. The molecule has 110 valence electrons. The van der Waals surface area contributed by atoms with E-state index in [0.717, 1.165) is 0 Å². The van der Waals surface area contributed by atoms with Gasteiger partial charge < -0.3 is 10.4 Å². The molecule has 0 bridgehead atoms. The molecule has 1 aromatic carbocycles. The van der Waals surface area contributed by atoms with Gasteiger partial charge >= 0.3 is 11.7 Å². The number of carboxylic acid groups (broad SMARTS) is 1. The first-order valence-electron chi connectivity index (χ1n) is 6.05. The molecule has 1 aliphatic carbocycles. The summed E-state index contributed by atoms with van der Waals surface area (Å²) >= 11 is 5.74. The number of nitrogens with zero attached hydrogens (tertiary/aromatic N) is 1. The molecule has 7 nitrogen and oxygen atoms in total. The maximum atomic E-state index is 12.1. The van der Waals surface area contributed by atoms with Crippen molar-refractivity contribution >= 4 is 29.2 Å². The molecule has 8 heteroatoms. The van der Waals surface area contributed by atoms with Crippen LogP contribution >= 0.6 is 11.6 Å². The van der Waals surface area contributed by atoms with Crippen LogP contribution in [0.5, 0.6) is 0 Å². The van der Waals surface area contributed by atoms with Gasteiger partial charge in [-0.15, -0.1) is 0 Å². The van der Waals surface area contributed by atoms with E-state index in [4.69, 9.17) is 16.7 Å². The SMILES string of the molecule is O=C(NC1C=CC(C(=O)O)C1)c1cccc(Cl)c1[N+](=O)[O-]. The number of aliphatic carboxylic acids is 1. The van der Waals surface area contributed by atoms with Crippen molar-refractivity contribution in [3.8, 4) is 0 Å². The summed E-state index contributed by atoms with van der Waals surface area (Å²) in [6.07, 6.45) is 3.27. The highest BCUT2D eigenvalue weighted by Gasteiger charge is 2.28. The number of nitrogens with one attached hydrogen (secondary N) is 1. The van der Waals surface area contributed by atoms with Crippen LogP contribution in [0.15, 0.2) is 30.4 Å². The lowest BCUT2D eigenvalue weighted by atomic mass is 10.1. The van der Waals surface area contributed by atoms with Crippen LogP contribution in [0.3, 0.4) is 0 Å². The van der Waals surface area contributed by atoms with Crippen LogP contribution in [0.25, 0.3) is 0 Å². The molecule has 1 amide bonds. The van der Waals surface area contributed by atoms with Crippen molar-refractivity contribution in [3.63, 3.8) is 0 Å². The lowest BCUT2D eigenvalue weighted by Gasteiger charge is -2.12. The van der Waals surface area contributed by atoms with Crippen LogP contribution < -0.4 is 5.32 Å². The van der Waals surface area contributed by atoms with Gasteiger partial charge in [0.05, 0.1) is 10.8 Å². The van der Waals surface area contributed by atoms with Gasteiger partial charge in [0.25, 0.3) is 5.91 Å². The fourth-order valence-corrected chi connectivity index (χ4v) is 2.36. The Hall–Kier alpha value is -2.41. The Balaban J connectivity index is 2.16. The van der Waals surface area contributed by atoms with Crippen molar-refractivity contribution < 1.29 is 19.6 Å². The molecule has 0 radical (unpaired) electrons. The van der Waals surface area contributed by atoms with E-state index in [1.807, 2.05) is 0 Å².